The van der Waals surface area contributed by atoms with E-state index in [-0.39, 0.29) is 56.1 Å². The third-order valence-electron chi connectivity index (χ3n) is 9.03. The van der Waals surface area contributed by atoms with E-state index in [0.717, 1.165) is 61.6 Å². The van der Waals surface area contributed by atoms with E-state index in [1.807, 2.05) is 83.9 Å². The summed E-state index contributed by atoms with van der Waals surface area (Å²) in [6, 6.07) is 31.7. The number of nitrogens with zero attached hydrogens (tertiary/aromatic N) is 2. The Balaban J connectivity index is 0.000000275. The number of thiazole rings is 2. The minimum Gasteiger partial charge on any atom is -0.478 e. The van der Waals surface area contributed by atoms with E-state index in [1.165, 1.54) is 34.8 Å². The van der Waals surface area contributed by atoms with Crippen molar-refractivity contribution in [2.75, 3.05) is 24.0 Å². The molecule has 0 saturated heterocycles. The molecule has 0 fully saturated rings. The quantitative estimate of drug-likeness (QED) is 0.0521. The fourth-order valence-electron chi connectivity index (χ4n) is 5.53. The average Bonchev–Trinajstić information content (AvgIpc) is 3.98. The number of aliphatic hydroxyl groups excluding tert-OH is 2. The van der Waals surface area contributed by atoms with Crippen molar-refractivity contribution >= 4 is 69.6 Å². The number of nitrogens with two attached hydrogens (primary N) is 1. The Labute approximate surface area is 380 Å². The number of hydrogen-bond acceptors (Lipinski definition) is 13. The van der Waals surface area contributed by atoms with E-state index in [4.69, 9.17) is 21.1 Å². The molecule has 1 amide bonds. The second-order valence-corrected chi connectivity index (χ2v) is 17.3. The Bertz CT molecular complexity index is 2250. The molecule has 0 bridgehead atoms. The molecule has 2 aromatic heterocycles. The van der Waals surface area contributed by atoms with E-state index in [0.29, 0.717) is 18.4 Å². The van der Waals surface area contributed by atoms with Crippen LogP contribution in [0.1, 0.15) is 62.1 Å². The Kier molecular flexibility index (Phi) is 23.1. The number of rotatable bonds is 19. The number of carbonyl (C=O) groups excluding carboxylic acids is 3. The SMILES string of the molecule is C.CSCC[C@H](N)C(=O)Cc1nc(-c2ccccc2)cs1.CSCC[C@H](NC(=O)c1ccc(CO)cc1)C(=O)Cc1nc(-c2ccccc2)cs1.O=C(O)c1ccc(CO)cc1. The average molecular weight is 915 g/mol. The zero-order valence-corrected chi connectivity index (χ0v) is 37.2. The van der Waals surface area contributed by atoms with Gasteiger partial charge in [-0.3, -0.25) is 14.4 Å². The molecule has 2 heterocycles. The van der Waals surface area contributed by atoms with E-state index < -0.39 is 12.0 Å². The highest BCUT2D eigenvalue weighted by molar-refractivity contribution is 7.98. The molecule has 15 heteroatoms. The van der Waals surface area contributed by atoms with Gasteiger partial charge in [0.25, 0.3) is 5.91 Å². The van der Waals surface area contributed by atoms with Gasteiger partial charge in [0.15, 0.2) is 11.6 Å². The number of hydrogen-bond donors (Lipinski definition) is 5. The molecule has 2 atom stereocenters. The summed E-state index contributed by atoms with van der Waals surface area (Å²) in [4.78, 5) is 57.0. The first-order chi connectivity index (χ1) is 29.5. The molecule has 62 heavy (non-hydrogen) atoms. The molecule has 0 radical (unpaired) electrons. The van der Waals surface area contributed by atoms with Gasteiger partial charge in [-0.1, -0.05) is 92.4 Å². The summed E-state index contributed by atoms with van der Waals surface area (Å²) in [5.41, 5.74) is 11.9. The maximum absolute atomic E-state index is 12.9. The molecular weight excluding hydrogens is 861 g/mol. The number of aromatic carboxylic acids is 1. The number of aromatic nitrogens is 2. The van der Waals surface area contributed by atoms with Gasteiger partial charge in [-0.25, -0.2) is 14.8 Å². The summed E-state index contributed by atoms with van der Waals surface area (Å²) >= 11 is 6.33. The number of nitrogens with one attached hydrogen (secondary N) is 1. The number of ketones is 2. The minimum atomic E-state index is -0.950. The second-order valence-electron chi connectivity index (χ2n) is 13.5. The molecule has 6 rings (SSSR count). The van der Waals surface area contributed by atoms with Crippen molar-refractivity contribution in [3.05, 3.63) is 152 Å². The van der Waals surface area contributed by atoms with E-state index in [1.54, 1.807) is 59.9 Å². The van der Waals surface area contributed by atoms with Gasteiger partial charge in [-0.2, -0.15) is 23.5 Å². The Morgan fingerprint density at radius 3 is 1.52 bits per heavy atom. The first-order valence-corrected chi connectivity index (χ1v) is 23.8. The molecule has 328 valence electrons. The number of carbonyl (C=O) groups is 4. The van der Waals surface area contributed by atoms with Crippen LogP contribution in [0.4, 0.5) is 0 Å². The van der Waals surface area contributed by atoms with Crippen molar-refractivity contribution in [1.29, 1.82) is 0 Å². The number of amides is 1. The van der Waals surface area contributed by atoms with Gasteiger partial charge in [0.1, 0.15) is 10.0 Å². The van der Waals surface area contributed by atoms with Crippen LogP contribution < -0.4 is 11.1 Å². The van der Waals surface area contributed by atoms with Crippen LogP contribution in [0.2, 0.25) is 0 Å². The molecule has 0 aliphatic carbocycles. The fourth-order valence-corrected chi connectivity index (χ4v) is 8.12. The molecule has 0 unspecified atom stereocenters. The first kappa shape index (κ1) is 51.4. The largest absolute Gasteiger partial charge is 0.478 e. The fraction of sp³-hybridized carbons (Fsp3) is 0.277. The molecule has 0 aliphatic rings. The molecule has 11 nitrogen and oxygen atoms in total. The standard InChI is InChI=1S/C23H24N2O3S2.C15H18N2OS2.C8H8O3.CH4/c1-29-12-11-19(25-23(28)18-9-7-16(14-26)8-10-18)21(27)13-22-24-20(15-30-22)17-5-3-2-4-6-17;1-19-8-7-12(16)14(18)9-15-17-13(10-20-15)11-5-3-2-4-6-11;9-5-6-1-3-7(4-2-6)8(10)11;/h2-10,15,19,26H,11-14H2,1H3,(H,25,28);2-6,10,12H,7-9,16H2,1H3;1-4,9H,5H2,(H,10,11);1H4/t19-;12-;;/m00../s1. The molecular formula is C47H54N4O7S4. The van der Waals surface area contributed by atoms with Gasteiger partial charge in [-0.05, 0) is 72.3 Å². The summed E-state index contributed by atoms with van der Waals surface area (Å²) in [6.07, 6.45) is 5.83. The van der Waals surface area contributed by atoms with Crippen LogP contribution in [0.5, 0.6) is 0 Å². The number of benzene rings is 4. The smallest absolute Gasteiger partial charge is 0.335 e. The van der Waals surface area contributed by atoms with Gasteiger partial charge in [0, 0.05) is 27.5 Å². The van der Waals surface area contributed by atoms with Crippen LogP contribution in [0.25, 0.3) is 22.5 Å². The normalized spacial score (nSPS) is 11.4. The summed E-state index contributed by atoms with van der Waals surface area (Å²) in [5.74, 6) is 0.483. The van der Waals surface area contributed by atoms with Crippen molar-refractivity contribution in [1.82, 2.24) is 15.3 Å². The lowest BCUT2D eigenvalue weighted by Crippen LogP contribution is -2.42. The summed E-state index contributed by atoms with van der Waals surface area (Å²) in [6.45, 7) is -0.130. The Hall–Kier alpha value is -5.00. The monoisotopic (exact) mass is 914 g/mol. The maximum atomic E-state index is 12.9. The highest BCUT2D eigenvalue weighted by atomic mass is 32.2. The zero-order valence-electron chi connectivity index (χ0n) is 33.9. The summed E-state index contributed by atoms with van der Waals surface area (Å²) in [5, 5.41) is 34.7. The molecule has 6 N–H and O–H groups in total. The first-order valence-electron chi connectivity index (χ1n) is 19.3. The van der Waals surface area contributed by atoms with Crippen LogP contribution in [0, 0.1) is 0 Å². The number of thioether (sulfide) groups is 2. The number of aliphatic hydroxyl groups is 2. The number of Topliss-reactive ketones (excluding diaryl/α,β-unsaturated/α-hetero) is 2. The van der Waals surface area contributed by atoms with Crippen LogP contribution in [-0.2, 0) is 35.6 Å². The van der Waals surface area contributed by atoms with E-state index >= 15 is 0 Å². The number of carboxylic acid groups (broad SMARTS) is 1. The van der Waals surface area contributed by atoms with Crippen LogP contribution in [-0.4, -0.2) is 84.8 Å². The topological polar surface area (TPSA) is 193 Å². The van der Waals surface area contributed by atoms with Crippen molar-refractivity contribution in [3.63, 3.8) is 0 Å². The summed E-state index contributed by atoms with van der Waals surface area (Å²) < 4.78 is 0. The molecule has 0 aliphatic heterocycles. The van der Waals surface area contributed by atoms with Gasteiger partial charge < -0.3 is 26.4 Å². The van der Waals surface area contributed by atoms with E-state index in [9.17, 15) is 19.2 Å². The lowest BCUT2D eigenvalue weighted by atomic mass is 10.1. The second kappa shape index (κ2) is 27.8. The molecule has 4 aromatic carbocycles. The van der Waals surface area contributed by atoms with Crippen molar-refractivity contribution in [3.8, 4) is 22.5 Å². The van der Waals surface area contributed by atoms with Crippen LogP contribution in [0.3, 0.4) is 0 Å². The lowest BCUT2D eigenvalue weighted by Gasteiger charge is -2.17. The maximum Gasteiger partial charge on any atom is 0.335 e. The lowest BCUT2D eigenvalue weighted by molar-refractivity contribution is -0.120. The molecule has 0 saturated carbocycles. The van der Waals surface area contributed by atoms with Gasteiger partial charge in [0.05, 0.1) is 55.1 Å². The molecule has 6 aromatic rings. The summed E-state index contributed by atoms with van der Waals surface area (Å²) in [7, 11) is 0. The molecule has 0 spiro atoms. The van der Waals surface area contributed by atoms with Crippen LogP contribution in [0.15, 0.2) is 120 Å². The van der Waals surface area contributed by atoms with Crippen molar-refractivity contribution in [2.24, 2.45) is 5.73 Å². The van der Waals surface area contributed by atoms with Gasteiger partial charge >= 0.3 is 5.97 Å². The zero-order chi connectivity index (χ0) is 44.0. The van der Waals surface area contributed by atoms with Gasteiger partial charge in [0.2, 0.25) is 0 Å². The third-order valence-corrected chi connectivity index (χ3v) is 12.0. The predicted molar refractivity (Wildman–Crippen MR) is 256 cm³/mol. The van der Waals surface area contributed by atoms with Crippen LogP contribution >= 0.6 is 46.2 Å². The highest BCUT2D eigenvalue weighted by Gasteiger charge is 2.23. The Morgan fingerprint density at radius 1 is 0.645 bits per heavy atom. The minimum absolute atomic E-state index is 0. The predicted octanol–water partition coefficient (Wildman–Crippen LogP) is 8.48. The highest BCUT2D eigenvalue weighted by Crippen LogP contribution is 2.24. The van der Waals surface area contributed by atoms with Crippen molar-refractivity contribution < 1.29 is 34.5 Å². The van der Waals surface area contributed by atoms with Crippen molar-refractivity contribution in [2.45, 2.75) is 58.4 Å². The number of carboxylic acids is 1. The van der Waals surface area contributed by atoms with Gasteiger partial charge in [-0.15, -0.1) is 22.7 Å². The third kappa shape index (κ3) is 17.0. The Morgan fingerprint density at radius 2 is 1.08 bits per heavy atom. The van der Waals surface area contributed by atoms with E-state index in [2.05, 4.69) is 15.3 Å².